The lowest BCUT2D eigenvalue weighted by Crippen LogP contribution is -2.36. The van der Waals surface area contributed by atoms with Gasteiger partial charge in [-0.25, -0.2) is 4.39 Å². The van der Waals surface area contributed by atoms with Crippen LogP contribution in [0.5, 0.6) is 0 Å². The molecule has 1 aromatic carbocycles. The predicted molar refractivity (Wildman–Crippen MR) is 83.8 cm³/mol. The van der Waals surface area contributed by atoms with Crippen molar-refractivity contribution in [3.63, 3.8) is 0 Å². The highest BCUT2D eigenvalue weighted by Gasteiger charge is 2.43. The van der Waals surface area contributed by atoms with Gasteiger partial charge >= 0.3 is 5.97 Å². The molecule has 2 aliphatic rings. The summed E-state index contributed by atoms with van der Waals surface area (Å²) in [5, 5.41) is 12.3. The van der Waals surface area contributed by atoms with Gasteiger partial charge in [0.2, 0.25) is 5.91 Å². The second-order valence-electron chi connectivity index (χ2n) is 6.48. The fraction of sp³-hybridized carbons (Fsp3) is 0.529. The number of halogens is 2. The van der Waals surface area contributed by atoms with Crippen LogP contribution in [0.25, 0.3) is 0 Å². The Morgan fingerprint density at radius 3 is 2.43 bits per heavy atom. The first-order valence-corrected chi connectivity index (χ1v) is 8.32. The molecule has 3 rings (SSSR count). The maximum absolute atomic E-state index is 13.9. The number of amides is 1. The summed E-state index contributed by atoms with van der Waals surface area (Å²) in [6.07, 6.45) is 2.97. The van der Waals surface area contributed by atoms with Gasteiger partial charge in [0, 0.05) is 28.5 Å². The maximum Gasteiger partial charge on any atom is 0.306 e. The van der Waals surface area contributed by atoms with E-state index >= 15 is 0 Å². The molecule has 23 heavy (non-hydrogen) atoms. The number of carbonyl (C=O) groups is 2. The van der Waals surface area contributed by atoms with Crippen LogP contribution in [0.4, 0.5) is 4.39 Å². The van der Waals surface area contributed by atoms with Crippen LogP contribution in [-0.2, 0) is 9.59 Å². The van der Waals surface area contributed by atoms with E-state index in [9.17, 15) is 14.0 Å². The van der Waals surface area contributed by atoms with E-state index in [4.69, 9.17) is 16.7 Å². The first-order valence-electron chi connectivity index (χ1n) is 7.94. The zero-order valence-electron chi connectivity index (χ0n) is 12.6. The van der Waals surface area contributed by atoms with Gasteiger partial charge in [-0.2, -0.15) is 0 Å². The lowest BCUT2D eigenvalue weighted by Gasteiger charge is -2.25. The fourth-order valence-corrected chi connectivity index (χ4v) is 3.74. The minimum Gasteiger partial charge on any atom is -0.481 e. The number of aliphatic carboxylic acids is 1. The van der Waals surface area contributed by atoms with Crippen molar-refractivity contribution in [1.82, 2.24) is 5.32 Å². The van der Waals surface area contributed by atoms with Crippen LogP contribution in [0.2, 0.25) is 5.02 Å². The third-order valence-electron chi connectivity index (χ3n) is 4.94. The predicted octanol–water partition coefficient (Wildman–Crippen LogP) is 3.34. The number of rotatable bonds is 4. The third kappa shape index (κ3) is 3.50. The number of carboxylic acid groups (broad SMARTS) is 1. The average molecular weight is 340 g/mol. The number of carboxylic acids is 1. The summed E-state index contributed by atoms with van der Waals surface area (Å²) in [5.41, 5.74) is 0.481. The van der Waals surface area contributed by atoms with Crippen molar-refractivity contribution in [2.24, 2.45) is 11.8 Å². The Hall–Kier alpha value is -1.62. The Morgan fingerprint density at radius 2 is 1.83 bits per heavy atom. The summed E-state index contributed by atoms with van der Waals surface area (Å²) in [6, 6.07) is 4.53. The lowest BCUT2D eigenvalue weighted by molar-refractivity contribution is -0.144. The van der Waals surface area contributed by atoms with E-state index in [0.717, 1.165) is 0 Å². The average Bonchev–Trinajstić information content (AvgIpc) is 3.26. The van der Waals surface area contributed by atoms with E-state index in [0.29, 0.717) is 42.7 Å². The van der Waals surface area contributed by atoms with Crippen molar-refractivity contribution >= 4 is 23.5 Å². The molecule has 0 radical (unpaired) electrons. The zero-order chi connectivity index (χ0) is 16.6. The molecule has 1 amide bonds. The van der Waals surface area contributed by atoms with Crippen molar-refractivity contribution < 1.29 is 19.1 Å². The summed E-state index contributed by atoms with van der Waals surface area (Å²) < 4.78 is 13.9. The van der Waals surface area contributed by atoms with Gasteiger partial charge in [0.05, 0.1) is 5.92 Å². The Kier molecular flexibility index (Phi) is 4.57. The lowest BCUT2D eigenvalue weighted by atomic mass is 9.81. The van der Waals surface area contributed by atoms with E-state index in [2.05, 4.69) is 5.32 Å². The molecular formula is C17H19ClFNO3. The molecule has 0 saturated heterocycles. The quantitative estimate of drug-likeness (QED) is 0.884. The number of hydrogen-bond donors (Lipinski definition) is 2. The largest absolute Gasteiger partial charge is 0.481 e. The van der Waals surface area contributed by atoms with Gasteiger partial charge in [-0.1, -0.05) is 17.7 Å². The van der Waals surface area contributed by atoms with E-state index in [-0.39, 0.29) is 35.5 Å². The molecule has 2 unspecified atom stereocenters. The molecule has 2 saturated carbocycles. The Labute approximate surface area is 139 Å². The van der Waals surface area contributed by atoms with Gasteiger partial charge in [-0.05, 0) is 44.2 Å². The molecule has 4 nitrogen and oxygen atoms in total. The van der Waals surface area contributed by atoms with Crippen LogP contribution >= 0.6 is 11.6 Å². The van der Waals surface area contributed by atoms with Crippen molar-refractivity contribution in [2.75, 3.05) is 0 Å². The van der Waals surface area contributed by atoms with Crippen LogP contribution in [0.15, 0.2) is 18.2 Å². The third-order valence-corrected chi connectivity index (χ3v) is 5.27. The molecule has 2 aliphatic carbocycles. The molecule has 6 heteroatoms. The normalized spacial score (nSPS) is 29.8. The number of benzene rings is 1. The summed E-state index contributed by atoms with van der Waals surface area (Å²) in [5.74, 6) is -1.69. The van der Waals surface area contributed by atoms with Gasteiger partial charge in [0.15, 0.2) is 0 Å². The summed E-state index contributed by atoms with van der Waals surface area (Å²) >= 11 is 6.05. The van der Waals surface area contributed by atoms with Gasteiger partial charge in [-0.15, -0.1) is 0 Å². The first kappa shape index (κ1) is 16.2. The fourth-order valence-electron chi connectivity index (χ4n) is 3.44. The van der Waals surface area contributed by atoms with Crippen molar-refractivity contribution in [3.8, 4) is 0 Å². The van der Waals surface area contributed by atoms with Crippen LogP contribution < -0.4 is 5.32 Å². The summed E-state index contributed by atoms with van der Waals surface area (Å²) in [7, 11) is 0. The van der Waals surface area contributed by atoms with E-state index in [1.54, 1.807) is 12.1 Å². The van der Waals surface area contributed by atoms with Gasteiger partial charge in [0.1, 0.15) is 5.82 Å². The van der Waals surface area contributed by atoms with Crippen LogP contribution in [0.3, 0.4) is 0 Å². The standard InChI is InChI=1S/C17H19ClFNO3/c18-12-2-1-3-13(19)15(12)11-8-14(11)20-16(21)9-4-6-10(7-5-9)17(22)23/h1-3,9-11,14H,4-8H2,(H,20,21)(H,22,23). The van der Waals surface area contributed by atoms with Gasteiger partial charge in [0.25, 0.3) is 0 Å². The molecular weight excluding hydrogens is 321 g/mol. The van der Waals surface area contributed by atoms with E-state index in [1.165, 1.54) is 6.07 Å². The number of carbonyl (C=O) groups excluding carboxylic acids is 1. The van der Waals surface area contributed by atoms with Gasteiger partial charge < -0.3 is 10.4 Å². The molecule has 2 atom stereocenters. The molecule has 2 N–H and O–H groups in total. The second kappa shape index (κ2) is 6.48. The molecule has 0 bridgehead atoms. The van der Waals surface area contributed by atoms with Crippen LogP contribution in [0, 0.1) is 17.7 Å². The number of nitrogens with one attached hydrogen (secondary N) is 1. The Bertz CT molecular complexity index is 608. The van der Waals surface area contributed by atoms with E-state index < -0.39 is 5.97 Å². The molecule has 0 aliphatic heterocycles. The molecule has 0 spiro atoms. The summed E-state index contributed by atoms with van der Waals surface area (Å²) in [4.78, 5) is 23.2. The minimum absolute atomic E-state index is 0.0474. The van der Waals surface area contributed by atoms with Crippen LogP contribution in [-0.4, -0.2) is 23.0 Å². The van der Waals surface area contributed by atoms with Crippen molar-refractivity contribution in [3.05, 3.63) is 34.6 Å². The van der Waals surface area contributed by atoms with Crippen molar-refractivity contribution in [1.29, 1.82) is 0 Å². The minimum atomic E-state index is -0.777. The molecule has 124 valence electrons. The molecule has 0 heterocycles. The Morgan fingerprint density at radius 1 is 1.17 bits per heavy atom. The highest BCUT2D eigenvalue weighted by molar-refractivity contribution is 6.31. The topological polar surface area (TPSA) is 66.4 Å². The monoisotopic (exact) mass is 339 g/mol. The first-order chi connectivity index (χ1) is 11.0. The molecule has 2 fully saturated rings. The maximum atomic E-state index is 13.9. The van der Waals surface area contributed by atoms with Crippen LogP contribution in [0.1, 0.15) is 43.6 Å². The summed E-state index contributed by atoms with van der Waals surface area (Å²) in [6.45, 7) is 0. The van der Waals surface area contributed by atoms with Crippen molar-refractivity contribution in [2.45, 2.75) is 44.1 Å². The Balaban J connectivity index is 1.54. The molecule has 1 aromatic rings. The van der Waals surface area contributed by atoms with Gasteiger partial charge in [-0.3, -0.25) is 9.59 Å². The zero-order valence-corrected chi connectivity index (χ0v) is 13.4. The smallest absolute Gasteiger partial charge is 0.306 e. The highest BCUT2D eigenvalue weighted by atomic mass is 35.5. The molecule has 0 aromatic heterocycles. The second-order valence-corrected chi connectivity index (χ2v) is 6.89. The van der Waals surface area contributed by atoms with E-state index in [1.807, 2.05) is 0 Å². The highest BCUT2D eigenvalue weighted by Crippen LogP contribution is 2.45. The number of hydrogen-bond acceptors (Lipinski definition) is 2. The SMILES string of the molecule is O=C(O)C1CCC(C(=O)NC2CC2c2c(F)cccc2Cl)CC1.